The van der Waals surface area contributed by atoms with Gasteiger partial charge in [0.15, 0.2) is 6.29 Å². The molecule has 3 unspecified atom stereocenters. The molecule has 1 aliphatic heterocycles. The summed E-state index contributed by atoms with van der Waals surface area (Å²) in [5, 5.41) is 0. The molecule has 5 heteroatoms. The van der Waals surface area contributed by atoms with E-state index < -0.39 is 8.60 Å². The molecule has 4 nitrogen and oxygen atoms in total. The second kappa shape index (κ2) is 5.71. The third-order valence-corrected chi connectivity index (χ3v) is 3.46. The van der Waals surface area contributed by atoms with E-state index in [4.69, 9.17) is 18.3 Å². The van der Waals surface area contributed by atoms with Crippen LogP contribution in [0.1, 0.15) is 12.5 Å². The highest BCUT2D eigenvalue weighted by Gasteiger charge is 2.35. The van der Waals surface area contributed by atoms with E-state index in [1.807, 2.05) is 37.3 Å². The van der Waals surface area contributed by atoms with Gasteiger partial charge in [-0.1, -0.05) is 30.3 Å². The van der Waals surface area contributed by atoms with Crippen molar-refractivity contribution < 1.29 is 18.3 Å². The topological polar surface area (TPSA) is 36.9 Å². The van der Waals surface area contributed by atoms with Gasteiger partial charge >= 0.3 is 8.60 Å². The van der Waals surface area contributed by atoms with Gasteiger partial charge in [-0.05, 0) is 12.5 Å². The molecule has 1 fully saturated rings. The number of methoxy groups -OCH3 is 1. The number of ether oxygens (including phenoxy) is 1. The summed E-state index contributed by atoms with van der Waals surface area (Å²) in [7, 11) is 0.319. The molecule has 1 aromatic rings. The average molecular weight is 242 g/mol. The maximum atomic E-state index is 5.53. The van der Waals surface area contributed by atoms with Gasteiger partial charge in [-0.3, -0.25) is 4.52 Å². The monoisotopic (exact) mass is 242 g/mol. The highest BCUT2D eigenvalue weighted by Crippen LogP contribution is 2.49. The molecule has 3 atom stereocenters. The molecular weight excluding hydrogens is 227 g/mol. The van der Waals surface area contributed by atoms with Crippen molar-refractivity contribution in [3.63, 3.8) is 0 Å². The van der Waals surface area contributed by atoms with Crippen molar-refractivity contribution in [2.45, 2.75) is 25.9 Å². The molecule has 0 radical (unpaired) electrons. The third-order valence-electron chi connectivity index (χ3n) is 2.24. The van der Waals surface area contributed by atoms with Crippen LogP contribution in [0.3, 0.4) is 0 Å². The Labute approximate surface area is 96.5 Å². The van der Waals surface area contributed by atoms with Gasteiger partial charge in [-0.15, -0.1) is 0 Å². The molecule has 1 saturated heterocycles. The Morgan fingerprint density at radius 3 is 2.62 bits per heavy atom. The fourth-order valence-corrected chi connectivity index (χ4v) is 2.60. The van der Waals surface area contributed by atoms with Gasteiger partial charge < -0.3 is 13.8 Å². The Kier molecular flexibility index (Phi) is 4.27. The van der Waals surface area contributed by atoms with Gasteiger partial charge in [0, 0.05) is 7.11 Å². The second-order valence-corrected chi connectivity index (χ2v) is 4.63. The first kappa shape index (κ1) is 12.0. The zero-order valence-corrected chi connectivity index (χ0v) is 10.2. The molecule has 1 aromatic carbocycles. The van der Waals surface area contributed by atoms with Crippen molar-refractivity contribution in [1.29, 1.82) is 0 Å². The van der Waals surface area contributed by atoms with Crippen LogP contribution in [0, 0.1) is 0 Å². The van der Waals surface area contributed by atoms with E-state index >= 15 is 0 Å². The minimum Gasteiger partial charge on any atom is -0.353 e. The molecule has 16 heavy (non-hydrogen) atoms. The lowest BCUT2D eigenvalue weighted by molar-refractivity contribution is -0.0663. The average Bonchev–Trinajstić information content (AvgIpc) is 2.69. The molecule has 0 amide bonds. The fraction of sp³-hybridized carbons (Fsp3) is 0.455. The molecule has 2 rings (SSSR count). The molecule has 1 aliphatic rings. The zero-order chi connectivity index (χ0) is 11.4. The van der Waals surface area contributed by atoms with Gasteiger partial charge in [0.25, 0.3) is 0 Å². The van der Waals surface area contributed by atoms with Crippen molar-refractivity contribution >= 4 is 8.60 Å². The summed E-state index contributed by atoms with van der Waals surface area (Å²) in [5.74, 6) is 0. The van der Waals surface area contributed by atoms with Crippen molar-refractivity contribution in [3.05, 3.63) is 35.9 Å². The summed E-state index contributed by atoms with van der Waals surface area (Å²) in [5.41, 5.74) is 1.10. The van der Waals surface area contributed by atoms with Gasteiger partial charge in [0.05, 0.1) is 6.61 Å². The lowest BCUT2D eigenvalue weighted by Gasteiger charge is -2.09. The standard InChI is InChI=1S/C11H15O4P/c1-9-11(12-2)15-16(14-9)13-8-10-6-4-3-5-7-10/h3-7,9,11H,8H2,1-2H3. The van der Waals surface area contributed by atoms with Crippen LogP contribution in [0.15, 0.2) is 30.3 Å². The summed E-state index contributed by atoms with van der Waals surface area (Å²) < 4.78 is 21.6. The van der Waals surface area contributed by atoms with Crippen LogP contribution in [-0.2, 0) is 24.9 Å². The number of hydrogen-bond acceptors (Lipinski definition) is 4. The number of benzene rings is 1. The van der Waals surface area contributed by atoms with Crippen LogP contribution in [0.5, 0.6) is 0 Å². The Hall–Kier alpha value is -0.510. The van der Waals surface area contributed by atoms with Crippen LogP contribution in [-0.4, -0.2) is 19.5 Å². The molecule has 0 N–H and O–H groups in total. The van der Waals surface area contributed by atoms with Gasteiger partial charge in [0.1, 0.15) is 6.10 Å². The zero-order valence-electron chi connectivity index (χ0n) is 9.33. The van der Waals surface area contributed by atoms with Crippen molar-refractivity contribution in [3.8, 4) is 0 Å². The summed E-state index contributed by atoms with van der Waals surface area (Å²) in [6.45, 7) is 2.40. The quantitative estimate of drug-likeness (QED) is 0.761. The van der Waals surface area contributed by atoms with E-state index in [2.05, 4.69) is 0 Å². The SMILES string of the molecule is COC1OP(OCc2ccccc2)OC1C. The summed E-state index contributed by atoms with van der Waals surface area (Å²) in [6.07, 6.45) is -0.395. The van der Waals surface area contributed by atoms with Crippen LogP contribution < -0.4 is 0 Å². The Balaban J connectivity index is 1.80. The lowest BCUT2D eigenvalue weighted by Crippen LogP contribution is -2.20. The number of hydrogen-bond donors (Lipinski definition) is 0. The highest BCUT2D eigenvalue weighted by molar-refractivity contribution is 7.42. The van der Waals surface area contributed by atoms with Crippen molar-refractivity contribution in [1.82, 2.24) is 0 Å². The lowest BCUT2D eigenvalue weighted by atomic mass is 10.2. The predicted molar refractivity (Wildman–Crippen MR) is 60.6 cm³/mol. The van der Waals surface area contributed by atoms with Crippen LogP contribution in [0.25, 0.3) is 0 Å². The maximum Gasteiger partial charge on any atom is 0.335 e. The normalized spacial score (nSPS) is 29.5. The minimum absolute atomic E-state index is 0.0770. The first-order valence-corrected chi connectivity index (χ1v) is 6.22. The van der Waals surface area contributed by atoms with Gasteiger partial charge in [-0.25, -0.2) is 0 Å². The minimum atomic E-state index is -1.28. The molecule has 1 heterocycles. The van der Waals surface area contributed by atoms with Crippen molar-refractivity contribution in [2.24, 2.45) is 0 Å². The van der Waals surface area contributed by atoms with Gasteiger partial charge in [0.2, 0.25) is 0 Å². The van der Waals surface area contributed by atoms with Crippen LogP contribution in [0.2, 0.25) is 0 Å². The van der Waals surface area contributed by atoms with Crippen LogP contribution >= 0.6 is 8.60 Å². The van der Waals surface area contributed by atoms with E-state index in [1.165, 1.54) is 0 Å². The highest BCUT2D eigenvalue weighted by atomic mass is 31.2. The van der Waals surface area contributed by atoms with Crippen molar-refractivity contribution in [2.75, 3.05) is 7.11 Å². The molecule has 0 aromatic heterocycles. The van der Waals surface area contributed by atoms with E-state index in [1.54, 1.807) is 7.11 Å². The fourth-order valence-electron chi connectivity index (χ4n) is 1.38. The number of rotatable bonds is 4. The predicted octanol–water partition coefficient (Wildman–Crippen LogP) is 2.84. The van der Waals surface area contributed by atoms with E-state index in [0.29, 0.717) is 6.61 Å². The molecule has 0 spiro atoms. The van der Waals surface area contributed by atoms with E-state index in [-0.39, 0.29) is 12.4 Å². The maximum absolute atomic E-state index is 5.53. The summed E-state index contributed by atoms with van der Waals surface area (Å²) in [6, 6.07) is 9.93. The largest absolute Gasteiger partial charge is 0.353 e. The molecule has 0 saturated carbocycles. The summed E-state index contributed by atoms with van der Waals surface area (Å²) >= 11 is 0. The Morgan fingerprint density at radius 2 is 2.00 bits per heavy atom. The molecule has 88 valence electrons. The first-order chi connectivity index (χ1) is 7.79. The Morgan fingerprint density at radius 1 is 1.25 bits per heavy atom. The van der Waals surface area contributed by atoms with Gasteiger partial charge in [-0.2, -0.15) is 0 Å². The summed E-state index contributed by atoms with van der Waals surface area (Å²) in [4.78, 5) is 0. The molecule has 0 bridgehead atoms. The molecular formula is C11H15O4P. The van der Waals surface area contributed by atoms with Crippen LogP contribution in [0.4, 0.5) is 0 Å². The smallest absolute Gasteiger partial charge is 0.335 e. The third kappa shape index (κ3) is 3.00. The second-order valence-electron chi connectivity index (χ2n) is 3.50. The first-order valence-electron chi connectivity index (χ1n) is 5.13. The Bertz CT molecular complexity index is 319. The molecule has 0 aliphatic carbocycles. The van der Waals surface area contributed by atoms with E-state index in [0.717, 1.165) is 5.56 Å². The van der Waals surface area contributed by atoms with E-state index in [9.17, 15) is 0 Å².